The minimum atomic E-state index is 0.770. The van der Waals surface area contributed by atoms with Crippen LogP contribution in [0.1, 0.15) is 33.1 Å². The van der Waals surface area contributed by atoms with E-state index in [2.05, 4.69) is 24.1 Å². The Bertz CT molecular complexity index is 165. The molecule has 1 aliphatic heterocycles. The number of hydrogen-bond donors (Lipinski definition) is 1. The molecule has 2 aliphatic rings. The van der Waals surface area contributed by atoms with E-state index in [1.54, 1.807) is 0 Å². The van der Waals surface area contributed by atoms with Crippen molar-refractivity contribution in [2.45, 2.75) is 45.2 Å². The summed E-state index contributed by atoms with van der Waals surface area (Å²) >= 11 is 0. The van der Waals surface area contributed by atoms with Crippen LogP contribution in [-0.2, 0) is 0 Å². The van der Waals surface area contributed by atoms with Gasteiger partial charge in [0.2, 0.25) is 0 Å². The molecule has 1 saturated carbocycles. The number of nitrogens with zero attached hydrogens (tertiary/aromatic N) is 1. The van der Waals surface area contributed by atoms with E-state index in [1.165, 1.54) is 32.4 Å². The van der Waals surface area contributed by atoms with E-state index in [9.17, 15) is 0 Å². The Hall–Kier alpha value is -0.0800. The minimum absolute atomic E-state index is 0.770. The highest BCUT2D eigenvalue weighted by Gasteiger charge is 2.34. The molecule has 1 heterocycles. The van der Waals surface area contributed by atoms with Crippen molar-refractivity contribution in [2.75, 3.05) is 19.6 Å². The lowest BCUT2D eigenvalue weighted by atomic mass is 10.2. The first kappa shape index (κ1) is 9.47. The molecule has 13 heavy (non-hydrogen) atoms. The molecule has 0 aromatic carbocycles. The Balaban J connectivity index is 1.76. The van der Waals surface area contributed by atoms with Crippen LogP contribution in [0.25, 0.3) is 0 Å². The van der Waals surface area contributed by atoms with Crippen molar-refractivity contribution in [1.29, 1.82) is 0 Å². The van der Waals surface area contributed by atoms with E-state index < -0.39 is 0 Å². The van der Waals surface area contributed by atoms with Crippen LogP contribution < -0.4 is 5.32 Å². The van der Waals surface area contributed by atoms with Gasteiger partial charge in [0.25, 0.3) is 0 Å². The van der Waals surface area contributed by atoms with Crippen LogP contribution in [0.5, 0.6) is 0 Å². The normalized spacial score (nSPS) is 32.3. The van der Waals surface area contributed by atoms with Gasteiger partial charge in [-0.3, -0.25) is 4.90 Å². The lowest BCUT2D eigenvalue weighted by Crippen LogP contribution is -2.37. The van der Waals surface area contributed by atoms with Crippen molar-refractivity contribution < 1.29 is 0 Å². The lowest BCUT2D eigenvalue weighted by molar-refractivity contribution is 0.229. The van der Waals surface area contributed by atoms with Crippen LogP contribution >= 0.6 is 0 Å². The third-order valence-electron chi connectivity index (χ3n) is 3.59. The van der Waals surface area contributed by atoms with E-state index in [4.69, 9.17) is 0 Å². The molecule has 0 aromatic heterocycles. The highest BCUT2D eigenvalue weighted by molar-refractivity contribution is 4.90. The Labute approximate surface area is 81.7 Å². The zero-order valence-corrected chi connectivity index (χ0v) is 8.92. The van der Waals surface area contributed by atoms with Crippen molar-refractivity contribution in [3.8, 4) is 0 Å². The molecule has 0 aromatic rings. The maximum atomic E-state index is 3.55. The van der Waals surface area contributed by atoms with Gasteiger partial charge in [0.05, 0.1) is 0 Å². The second-order valence-corrected chi connectivity index (χ2v) is 4.62. The number of rotatable bonds is 4. The maximum absolute atomic E-state index is 3.55. The summed E-state index contributed by atoms with van der Waals surface area (Å²) in [5.74, 6) is 1.03. The van der Waals surface area contributed by atoms with Gasteiger partial charge >= 0.3 is 0 Å². The quantitative estimate of drug-likeness (QED) is 0.708. The Morgan fingerprint density at radius 3 is 2.77 bits per heavy atom. The Morgan fingerprint density at radius 1 is 1.38 bits per heavy atom. The smallest absolute Gasteiger partial charge is 0.0207 e. The van der Waals surface area contributed by atoms with Gasteiger partial charge in [0.1, 0.15) is 0 Å². The largest absolute Gasteiger partial charge is 0.313 e. The number of likely N-dealkylation sites (N-methyl/N-ethyl adjacent to an activating group) is 1. The SMILES string of the molecule is CCNC1CCN(C(C)C2CC2)C1. The standard InChI is InChI=1S/C11H22N2/c1-3-12-11-6-7-13(8-11)9(2)10-4-5-10/h9-12H,3-8H2,1-2H3. The summed E-state index contributed by atoms with van der Waals surface area (Å²) in [5.41, 5.74) is 0. The van der Waals surface area contributed by atoms with Gasteiger partial charge in [0.15, 0.2) is 0 Å². The fourth-order valence-corrected chi connectivity index (χ4v) is 2.49. The summed E-state index contributed by atoms with van der Waals surface area (Å²) in [5, 5.41) is 3.55. The molecule has 2 heteroatoms. The molecule has 2 unspecified atom stereocenters. The first-order valence-corrected chi connectivity index (χ1v) is 5.78. The number of nitrogens with one attached hydrogen (secondary N) is 1. The zero-order valence-electron chi connectivity index (χ0n) is 8.92. The first-order chi connectivity index (χ1) is 6.31. The molecular weight excluding hydrogens is 160 g/mol. The van der Waals surface area contributed by atoms with Crippen molar-refractivity contribution in [2.24, 2.45) is 5.92 Å². The average Bonchev–Trinajstić information content (AvgIpc) is 2.87. The molecule has 1 saturated heterocycles. The van der Waals surface area contributed by atoms with Crippen LogP contribution in [0.2, 0.25) is 0 Å². The van der Waals surface area contributed by atoms with Gasteiger partial charge in [-0.2, -0.15) is 0 Å². The van der Waals surface area contributed by atoms with Gasteiger partial charge < -0.3 is 5.32 Å². The third kappa shape index (κ3) is 2.23. The van der Waals surface area contributed by atoms with Crippen LogP contribution in [0.3, 0.4) is 0 Å². The summed E-state index contributed by atoms with van der Waals surface area (Å²) in [6.07, 6.45) is 4.30. The molecule has 1 aliphatic carbocycles. The van der Waals surface area contributed by atoms with Gasteiger partial charge in [-0.1, -0.05) is 6.92 Å². The fraction of sp³-hybridized carbons (Fsp3) is 1.00. The fourth-order valence-electron chi connectivity index (χ4n) is 2.49. The van der Waals surface area contributed by atoms with Gasteiger partial charge in [-0.25, -0.2) is 0 Å². The minimum Gasteiger partial charge on any atom is -0.313 e. The summed E-state index contributed by atoms with van der Waals surface area (Å²) in [4.78, 5) is 2.67. The van der Waals surface area contributed by atoms with Crippen LogP contribution in [-0.4, -0.2) is 36.6 Å². The monoisotopic (exact) mass is 182 g/mol. The maximum Gasteiger partial charge on any atom is 0.0207 e. The Kier molecular flexibility index (Phi) is 2.89. The predicted octanol–water partition coefficient (Wildman–Crippen LogP) is 1.47. The number of likely N-dealkylation sites (tertiary alicyclic amines) is 1. The summed E-state index contributed by atoms with van der Waals surface area (Å²) in [7, 11) is 0. The van der Waals surface area contributed by atoms with Crippen LogP contribution in [0, 0.1) is 5.92 Å². The topological polar surface area (TPSA) is 15.3 Å². The molecule has 1 N–H and O–H groups in total. The van der Waals surface area contributed by atoms with Crippen molar-refractivity contribution in [3.05, 3.63) is 0 Å². The second kappa shape index (κ2) is 3.97. The molecule has 2 fully saturated rings. The molecule has 0 spiro atoms. The highest BCUT2D eigenvalue weighted by atomic mass is 15.2. The zero-order chi connectivity index (χ0) is 9.26. The van der Waals surface area contributed by atoms with Crippen molar-refractivity contribution in [1.82, 2.24) is 10.2 Å². The van der Waals surface area contributed by atoms with Gasteiger partial charge in [-0.05, 0) is 38.6 Å². The molecule has 0 bridgehead atoms. The summed E-state index contributed by atoms with van der Waals surface area (Å²) in [6, 6.07) is 1.62. The van der Waals surface area contributed by atoms with Gasteiger partial charge in [0, 0.05) is 25.2 Å². The van der Waals surface area contributed by atoms with E-state index in [0.717, 1.165) is 24.5 Å². The molecule has 2 nitrogen and oxygen atoms in total. The molecule has 76 valence electrons. The van der Waals surface area contributed by atoms with Crippen LogP contribution in [0.4, 0.5) is 0 Å². The summed E-state index contributed by atoms with van der Waals surface area (Å²) < 4.78 is 0. The molecular formula is C11H22N2. The van der Waals surface area contributed by atoms with Crippen molar-refractivity contribution >= 4 is 0 Å². The average molecular weight is 182 g/mol. The van der Waals surface area contributed by atoms with E-state index in [-0.39, 0.29) is 0 Å². The third-order valence-corrected chi connectivity index (χ3v) is 3.59. The predicted molar refractivity (Wildman–Crippen MR) is 55.8 cm³/mol. The van der Waals surface area contributed by atoms with Crippen LogP contribution in [0.15, 0.2) is 0 Å². The molecule has 2 atom stereocenters. The Morgan fingerprint density at radius 2 is 2.15 bits per heavy atom. The van der Waals surface area contributed by atoms with E-state index in [0.29, 0.717) is 0 Å². The van der Waals surface area contributed by atoms with E-state index in [1.807, 2.05) is 0 Å². The highest BCUT2D eigenvalue weighted by Crippen LogP contribution is 2.36. The number of hydrogen-bond acceptors (Lipinski definition) is 2. The molecule has 2 rings (SSSR count). The molecule has 0 radical (unpaired) electrons. The summed E-state index contributed by atoms with van der Waals surface area (Å²) in [6.45, 7) is 8.33. The van der Waals surface area contributed by atoms with Crippen molar-refractivity contribution in [3.63, 3.8) is 0 Å². The second-order valence-electron chi connectivity index (χ2n) is 4.62. The molecule has 0 amide bonds. The first-order valence-electron chi connectivity index (χ1n) is 5.78. The van der Waals surface area contributed by atoms with E-state index >= 15 is 0 Å². The van der Waals surface area contributed by atoms with Gasteiger partial charge in [-0.15, -0.1) is 0 Å². The lowest BCUT2D eigenvalue weighted by Gasteiger charge is -2.24.